The van der Waals surface area contributed by atoms with Crippen LogP contribution in [0.1, 0.15) is 30.7 Å². The summed E-state index contributed by atoms with van der Waals surface area (Å²) in [5, 5.41) is 17.6. The Morgan fingerprint density at radius 1 is 1.12 bits per heavy atom. The van der Waals surface area contributed by atoms with E-state index in [2.05, 4.69) is 15.2 Å². The highest BCUT2D eigenvalue weighted by molar-refractivity contribution is 5.83. The lowest BCUT2D eigenvalue weighted by molar-refractivity contribution is -0.142. The Bertz CT molecular complexity index is 1230. The number of aliphatic hydroxyl groups excluding tert-OH is 1. The minimum absolute atomic E-state index is 0.0587. The first-order chi connectivity index (χ1) is 15.3. The molecule has 164 valence electrons. The fraction of sp³-hybridized carbons (Fsp3) is 0.182. The van der Waals surface area contributed by atoms with Gasteiger partial charge in [0.1, 0.15) is 6.10 Å². The van der Waals surface area contributed by atoms with Crippen molar-refractivity contribution in [1.29, 1.82) is 0 Å². The summed E-state index contributed by atoms with van der Waals surface area (Å²) in [5.41, 5.74) is -0.297. The summed E-state index contributed by atoms with van der Waals surface area (Å²) < 4.78 is 47.5. The average molecular weight is 442 g/mol. The van der Waals surface area contributed by atoms with Crippen molar-refractivity contribution in [2.75, 3.05) is 0 Å². The number of hydrogen-bond donors (Lipinski definition) is 1. The molecule has 4 rings (SSSR count). The normalized spacial score (nSPS) is 12.7. The summed E-state index contributed by atoms with van der Waals surface area (Å²) in [7, 11) is 0. The molecule has 1 N–H and O–H groups in total. The van der Waals surface area contributed by atoms with Crippen LogP contribution in [-0.4, -0.2) is 30.8 Å². The zero-order valence-electron chi connectivity index (χ0n) is 16.7. The monoisotopic (exact) mass is 442 g/mol. The molecule has 0 aliphatic heterocycles. The lowest BCUT2D eigenvalue weighted by Crippen LogP contribution is -2.14. The van der Waals surface area contributed by atoms with Crippen molar-refractivity contribution >= 4 is 5.78 Å². The summed E-state index contributed by atoms with van der Waals surface area (Å²) in [6.45, 7) is 1.65. The molecule has 0 radical (unpaired) electrons. The molecule has 0 bridgehead atoms. The van der Waals surface area contributed by atoms with Gasteiger partial charge >= 0.3 is 6.18 Å². The van der Waals surface area contributed by atoms with Crippen molar-refractivity contribution in [2.24, 2.45) is 0 Å². The molecule has 0 fully saturated rings. The molecule has 0 saturated heterocycles. The van der Waals surface area contributed by atoms with Gasteiger partial charge in [-0.05, 0) is 17.7 Å². The predicted octanol–water partition coefficient (Wildman–Crippen LogP) is 4.62. The number of nitrogens with zero attached hydrogens (tertiary/aromatic N) is 4. The first kappa shape index (κ1) is 21.4. The number of ketones is 1. The minimum atomic E-state index is -4.72. The van der Waals surface area contributed by atoms with Crippen molar-refractivity contribution in [3.05, 3.63) is 72.1 Å². The SMILES string of the molecule is CCC(=O)C(O)c1ccc(-c2noc(-c3cnn(-c4ccccc4)c3C(F)(F)F)n2)cc1. The van der Waals surface area contributed by atoms with Crippen LogP contribution in [0.5, 0.6) is 0 Å². The lowest BCUT2D eigenvalue weighted by Gasteiger charge is -2.11. The molecule has 2 aromatic heterocycles. The topological polar surface area (TPSA) is 94.0 Å². The number of halogens is 3. The van der Waals surface area contributed by atoms with Gasteiger partial charge in [0.05, 0.1) is 17.4 Å². The van der Waals surface area contributed by atoms with E-state index in [1.165, 1.54) is 24.3 Å². The van der Waals surface area contributed by atoms with Gasteiger partial charge in [-0.1, -0.05) is 54.5 Å². The molecule has 4 aromatic rings. The number of alkyl halides is 3. The van der Waals surface area contributed by atoms with Crippen LogP contribution in [-0.2, 0) is 11.0 Å². The fourth-order valence-electron chi connectivity index (χ4n) is 3.19. The standard InChI is InChI=1S/C22H17F3N4O3/c1-2-17(30)18(31)13-8-10-14(11-9-13)20-27-21(32-28-20)16-12-26-29(19(16)22(23,24)25)15-6-4-3-5-7-15/h3-12,18,31H,2H2,1H3. The smallest absolute Gasteiger partial charge is 0.381 e. The molecule has 32 heavy (non-hydrogen) atoms. The maximum Gasteiger partial charge on any atom is 0.434 e. The summed E-state index contributed by atoms with van der Waals surface area (Å²) in [6, 6.07) is 14.1. The Hall–Kier alpha value is -3.79. The molecule has 1 unspecified atom stereocenters. The highest BCUT2D eigenvalue weighted by Crippen LogP contribution is 2.38. The maximum atomic E-state index is 13.9. The van der Waals surface area contributed by atoms with Crippen LogP contribution in [0.3, 0.4) is 0 Å². The van der Waals surface area contributed by atoms with Gasteiger partial charge in [0.2, 0.25) is 5.82 Å². The van der Waals surface area contributed by atoms with Gasteiger partial charge in [0, 0.05) is 12.0 Å². The third kappa shape index (κ3) is 4.04. The molecule has 0 aliphatic rings. The molecule has 7 nitrogen and oxygen atoms in total. The van der Waals surface area contributed by atoms with Gasteiger partial charge in [-0.2, -0.15) is 23.3 Å². The van der Waals surface area contributed by atoms with E-state index in [-0.39, 0.29) is 35.2 Å². The average Bonchev–Trinajstić information content (AvgIpc) is 3.46. The van der Waals surface area contributed by atoms with Gasteiger partial charge in [0.15, 0.2) is 11.5 Å². The Morgan fingerprint density at radius 3 is 2.44 bits per heavy atom. The molecule has 0 saturated carbocycles. The molecular formula is C22H17F3N4O3. The summed E-state index contributed by atoms with van der Waals surface area (Å²) in [5.74, 6) is -0.599. The predicted molar refractivity (Wildman–Crippen MR) is 108 cm³/mol. The number of aliphatic hydroxyl groups is 1. The number of carbonyl (C=O) groups excluding carboxylic acids is 1. The maximum absolute atomic E-state index is 13.9. The first-order valence-corrected chi connectivity index (χ1v) is 9.65. The quantitative estimate of drug-likeness (QED) is 0.468. The van der Waals surface area contributed by atoms with Crippen molar-refractivity contribution in [3.8, 4) is 28.5 Å². The van der Waals surface area contributed by atoms with E-state index >= 15 is 0 Å². The summed E-state index contributed by atoms with van der Waals surface area (Å²) in [4.78, 5) is 15.8. The third-order valence-electron chi connectivity index (χ3n) is 4.83. The summed E-state index contributed by atoms with van der Waals surface area (Å²) >= 11 is 0. The second kappa shape index (κ2) is 8.39. The molecule has 10 heteroatoms. The minimum Gasteiger partial charge on any atom is -0.381 e. The number of para-hydroxylation sites is 1. The second-order valence-electron chi connectivity index (χ2n) is 6.92. The van der Waals surface area contributed by atoms with Gasteiger partial charge in [-0.3, -0.25) is 4.79 Å². The van der Waals surface area contributed by atoms with Crippen LogP contribution in [0, 0.1) is 0 Å². The Balaban J connectivity index is 1.69. The molecule has 2 aromatic carbocycles. The summed E-state index contributed by atoms with van der Waals surface area (Å²) in [6.07, 6.45) is -4.74. The van der Waals surface area contributed by atoms with E-state index in [4.69, 9.17) is 4.52 Å². The number of rotatable bonds is 6. The number of Topliss-reactive ketones (excluding diaryl/α,β-unsaturated/α-hetero) is 1. The van der Waals surface area contributed by atoms with Gasteiger partial charge in [0.25, 0.3) is 5.89 Å². The number of hydrogen-bond acceptors (Lipinski definition) is 6. The highest BCUT2D eigenvalue weighted by Gasteiger charge is 2.40. The van der Waals surface area contributed by atoms with E-state index in [1.807, 2.05) is 0 Å². The van der Waals surface area contributed by atoms with Crippen molar-refractivity contribution in [1.82, 2.24) is 19.9 Å². The number of carbonyl (C=O) groups is 1. The fourth-order valence-corrected chi connectivity index (χ4v) is 3.19. The zero-order valence-corrected chi connectivity index (χ0v) is 16.7. The molecule has 2 heterocycles. The molecule has 0 aliphatic carbocycles. The Kier molecular flexibility index (Phi) is 5.62. The number of benzene rings is 2. The largest absolute Gasteiger partial charge is 0.434 e. The van der Waals surface area contributed by atoms with Gasteiger partial charge in [-0.15, -0.1) is 0 Å². The lowest BCUT2D eigenvalue weighted by atomic mass is 10.0. The van der Waals surface area contributed by atoms with Gasteiger partial charge in [-0.25, -0.2) is 4.68 Å². The van der Waals surface area contributed by atoms with Crippen molar-refractivity contribution < 1.29 is 27.6 Å². The van der Waals surface area contributed by atoms with Crippen molar-refractivity contribution in [3.63, 3.8) is 0 Å². The second-order valence-corrected chi connectivity index (χ2v) is 6.92. The van der Waals surface area contributed by atoms with E-state index in [0.717, 1.165) is 10.9 Å². The molecule has 1 atom stereocenters. The van der Waals surface area contributed by atoms with Crippen molar-refractivity contribution in [2.45, 2.75) is 25.6 Å². The Labute approximate surface area is 180 Å². The van der Waals surface area contributed by atoms with E-state index in [9.17, 15) is 23.1 Å². The zero-order chi connectivity index (χ0) is 22.9. The van der Waals surface area contributed by atoms with E-state index in [1.54, 1.807) is 37.3 Å². The van der Waals surface area contributed by atoms with Crippen LogP contribution in [0.4, 0.5) is 13.2 Å². The van der Waals surface area contributed by atoms with Gasteiger partial charge < -0.3 is 9.63 Å². The molecule has 0 amide bonds. The Morgan fingerprint density at radius 2 is 1.81 bits per heavy atom. The molecular weight excluding hydrogens is 425 g/mol. The van der Waals surface area contributed by atoms with Crippen LogP contribution in [0.2, 0.25) is 0 Å². The van der Waals surface area contributed by atoms with Crippen LogP contribution in [0.25, 0.3) is 28.5 Å². The van der Waals surface area contributed by atoms with Crippen LogP contribution < -0.4 is 0 Å². The van der Waals surface area contributed by atoms with E-state index in [0.29, 0.717) is 11.1 Å². The highest BCUT2D eigenvalue weighted by atomic mass is 19.4. The first-order valence-electron chi connectivity index (χ1n) is 9.65. The third-order valence-corrected chi connectivity index (χ3v) is 4.83. The van der Waals surface area contributed by atoms with Crippen LogP contribution in [0.15, 0.2) is 65.3 Å². The number of aromatic nitrogens is 4. The molecule has 0 spiro atoms. The van der Waals surface area contributed by atoms with E-state index < -0.39 is 18.0 Å². The van der Waals surface area contributed by atoms with Crippen LogP contribution >= 0.6 is 0 Å².